The molecule has 2 aliphatic heterocycles. The number of alkyl carbamates (subject to hydrolysis) is 2. The molecule has 5 heterocycles. The maximum Gasteiger partial charge on any atom is 0.407 e. The van der Waals surface area contributed by atoms with Crippen molar-refractivity contribution in [2.24, 2.45) is 11.8 Å². The fourth-order valence-corrected chi connectivity index (χ4v) is 8.04. The number of rotatable bonds is 14. The highest BCUT2D eigenvalue weighted by Crippen LogP contribution is 2.36. The van der Waals surface area contributed by atoms with Crippen LogP contribution in [-0.4, -0.2) is 109 Å². The van der Waals surface area contributed by atoms with Crippen molar-refractivity contribution in [2.45, 2.75) is 83.8 Å². The summed E-state index contributed by atoms with van der Waals surface area (Å²) >= 11 is 1.30. The minimum absolute atomic E-state index is 0.0309. The summed E-state index contributed by atoms with van der Waals surface area (Å²) < 4.78 is 9.51. The first-order chi connectivity index (χ1) is 26.9. The molecule has 0 saturated carbocycles. The Balaban J connectivity index is 1.10. The number of hydrogen-bond donors (Lipinski definition) is 6. The predicted octanol–water partition coefficient (Wildman–Crippen LogP) is 5.11. The third-order valence-corrected chi connectivity index (χ3v) is 11.1. The molecule has 4 aromatic rings. The zero-order chi connectivity index (χ0) is 40.1. The molecule has 0 aliphatic carbocycles. The third kappa shape index (κ3) is 8.71. The Morgan fingerprint density at radius 2 is 1.52 bits per heavy atom. The number of methoxy groups -OCH3 is 2. The highest BCUT2D eigenvalue weighted by atomic mass is 32.1. The summed E-state index contributed by atoms with van der Waals surface area (Å²) in [5.41, 5.74) is 4.55. The lowest BCUT2D eigenvalue weighted by Gasteiger charge is -2.35. The van der Waals surface area contributed by atoms with Gasteiger partial charge in [-0.15, -0.1) is 11.3 Å². The Kier molecular flexibility index (Phi) is 12.7. The molecule has 3 aromatic heterocycles. The molecule has 300 valence electrons. The van der Waals surface area contributed by atoms with Crippen LogP contribution in [0, 0.1) is 11.8 Å². The van der Waals surface area contributed by atoms with E-state index >= 15 is 0 Å². The molecule has 2 aliphatic rings. The average molecular weight is 791 g/mol. The Labute approximate surface area is 329 Å². The maximum atomic E-state index is 13.7. The Hall–Kier alpha value is -5.33. The summed E-state index contributed by atoms with van der Waals surface area (Å²) in [4.78, 5) is 74.9. The minimum Gasteiger partial charge on any atom is -0.453 e. The van der Waals surface area contributed by atoms with Crippen LogP contribution in [0.1, 0.15) is 93.3 Å². The van der Waals surface area contributed by atoms with Crippen LogP contribution in [0.25, 0.3) is 11.3 Å². The summed E-state index contributed by atoms with van der Waals surface area (Å²) in [6.45, 7) is 8.75. The van der Waals surface area contributed by atoms with E-state index in [0.29, 0.717) is 30.3 Å². The van der Waals surface area contributed by atoms with Crippen molar-refractivity contribution < 1.29 is 33.8 Å². The predicted molar refractivity (Wildman–Crippen MR) is 208 cm³/mol. The van der Waals surface area contributed by atoms with E-state index in [-0.39, 0.29) is 47.0 Å². The van der Waals surface area contributed by atoms with Crippen molar-refractivity contribution in [2.75, 3.05) is 32.6 Å². The van der Waals surface area contributed by atoms with Gasteiger partial charge in [0.25, 0.3) is 0 Å². The molecular formula is C38H50N10O7S. The maximum absolute atomic E-state index is 13.7. The molecule has 5 atom stereocenters. The van der Waals surface area contributed by atoms with Crippen molar-refractivity contribution in [3.05, 3.63) is 65.2 Å². The van der Waals surface area contributed by atoms with Gasteiger partial charge in [-0.25, -0.2) is 24.5 Å². The van der Waals surface area contributed by atoms with Gasteiger partial charge in [-0.2, -0.15) is 0 Å². The van der Waals surface area contributed by atoms with Gasteiger partial charge >= 0.3 is 12.2 Å². The first kappa shape index (κ1) is 40.3. The number of aliphatic hydroxyl groups is 1. The Bertz CT molecular complexity index is 1990. The van der Waals surface area contributed by atoms with E-state index in [9.17, 15) is 24.3 Å². The number of aromatic amines is 2. The number of likely N-dealkylation sites (tertiary alicyclic amines) is 2. The van der Waals surface area contributed by atoms with Crippen LogP contribution in [0.4, 0.5) is 20.3 Å². The number of carbonyl (C=O) groups excluding carboxylic acids is 4. The number of thiazole rings is 1. The van der Waals surface area contributed by atoms with Crippen LogP contribution >= 0.6 is 11.3 Å². The first-order valence-electron chi connectivity index (χ1n) is 18.8. The lowest BCUT2D eigenvalue weighted by atomic mass is 10.0. The molecule has 17 nitrogen and oxygen atoms in total. The molecule has 56 heavy (non-hydrogen) atoms. The van der Waals surface area contributed by atoms with Gasteiger partial charge in [0.2, 0.25) is 11.7 Å². The molecule has 2 fully saturated rings. The van der Waals surface area contributed by atoms with E-state index < -0.39 is 30.5 Å². The molecule has 0 spiro atoms. The second-order valence-corrected chi connectivity index (χ2v) is 15.5. The largest absolute Gasteiger partial charge is 0.453 e. The fraction of sp³-hybridized carbons (Fsp3) is 0.500. The Morgan fingerprint density at radius 3 is 2.21 bits per heavy atom. The number of nitrogens with zero attached hydrogens (tertiary/aromatic N) is 5. The van der Waals surface area contributed by atoms with Crippen molar-refractivity contribution in [3.63, 3.8) is 0 Å². The van der Waals surface area contributed by atoms with E-state index in [2.05, 4.69) is 40.9 Å². The van der Waals surface area contributed by atoms with Crippen molar-refractivity contribution in [3.8, 4) is 11.3 Å². The fourth-order valence-electron chi connectivity index (χ4n) is 7.34. The number of nitrogens with one attached hydrogen (secondary N) is 5. The molecule has 1 unspecified atom stereocenters. The Morgan fingerprint density at radius 1 is 0.857 bits per heavy atom. The van der Waals surface area contributed by atoms with Gasteiger partial charge in [-0.3, -0.25) is 14.5 Å². The summed E-state index contributed by atoms with van der Waals surface area (Å²) in [6.07, 6.45) is 4.15. The number of carbonyl (C=O) groups is 4. The van der Waals surface area contributed by atoms with Crippen LogP contribution in [0.3, 0.4) is 0 Å². The van der Waals surface area contributed by atoms with E-state index in [4.69, 9.17) is 9.47 Å². The number of anilines is 2. The molecule has 6 N–H and O–H groups in total. The number of hydrogen-bond acceptors (Lipinski definition) is 13. The minimum atomic E-state index is -0.923. The SMILES string of the molecule is COC(=O)N[C@@H](C(C)C)C(O)N1CCC[C@H]1c1ncc(-c2ccc(Nc3scnc3C(=O)c3cnc([C@@H]4CCCN4C(=O)[C@@H](NC(=O)OC)C(C)C)[nH]3)cc2)[nH]1. The van der Waals surface area contributed by atoms with Crippen molar-refractivity contribution in [1.29, 1.82) is 0 Å². The molecule has 1 aromatic carbocycles. The second kappa shape index (κ2) is 17.6. The van der Waals surface area contributed by atoms with E-state index in [1.807, 2.05) is 56.9 Å². The van der Waals surface area contributed by atoms with Crippen molar-refractivity contribution in [1.82, 2.24) is 45.4 Å². The molecule has 3 amide bonds. The topological polar surface area (TPSA) is 220 Å². The summed E-state index contributed by atoms with van der Waals surface area (Å²) in [7, 11) is 2.56. The normalized spacial score (nSPS) is 18.8. The van der Waals surface area contributed by atoms with Gasteiger partial charge in [0.1, 0.15) is 40.3 Å². The highest BCUT2D eigenvalue weighted by Gasteiger charge is 2.39. The third-order valence-electron chi connectivity index (χ3n) is 10.4. The smallest absolute Gasteiger partial charge is 0.407 e. The summed E-state index contributed by atoms with van der Waals surface area (Å²) in [5.74, 6) is 0.454. The number of imidazole rings is 2. The van der Waals surface area contributed by atoms with E-state index in [0.717, 1.165) is 42.0 Å². The number of aromatic nitrogens is 5. The molecule has 6 rings (SSSR count). The van der Waals surface area contributed by atoms with Gasteiger partial charge in [0.05, 0.1) is 55.9 Å². The second-order valence-electron chi connectivity index (χ2n) is 14.7. The molecule has 18 heteroatoms. The van der Waals surface area contributed by atoms with Gasteiger partial charge in [0.15, 0.2) is 0 Å². The molecule has 0 bridgehead atoms. The van der Waals surface area contributed by atoms with Crippen LogP contribution in [0.5, 0.6) is 0 Å². The van der Waals surface area contributed by atoms with Crippen LogP contribution in [-0.2, 0) is 14.3 Å². The number of amides is 3. The van der Waals surface area contributed by atoms with Crippen molar-refractivity contribution >= 4 is 45.9 Å². The quantitative estimate of drug-likeness (QED) is 0.0919. The number of ether oxygens (including phenoxy) is 2. The molecule has 2 saturated heterocycles. The van der Waals surface area contributed by atoms with Gasteiger partial charge in [-0.1, -0.05) is 39.8 Å². The summed E-state index contributed by atoms with van der Waals surface area (Å²) in [6, 6.07) is 5.88. The first-order valence-corrected chi connectivity index (χ1v) is 19.7. The summed E-state index contributed by atoms with van der Waals surface area (Å²) in [5, 5.41) is 20.6. The number of ketones is 1. The van der Waals surface area contributed by atoms with E-state index in [1.54, 1.807) is 16.6 Å². The highest BCUT2D eigenvalue weighted by molar-refractivity contribution is 7.14. The monoisotopic (exact) mass is 790 g/mol. The zero-order valence-corrected chi connectivity index (χ0v) is 33.2. The number of H-pyrrole nitrogens is 2. The van der Waals surface area contributed by atoms with Crippen LogP contribution in [0.2, 0.25) is 0 Å². The average Bonchev–Trinajstić information content (AvgIpc) is 4.04. The van der Waals surface area contributed by atoms with E-state index in [1.165, 1.54) is 31.8 Å². The van der Waals surface area contributed by atoms with Gasteiger partial charge < -0.3 is 45.4 Å². The zero-order valence-electron chi connectivity index (χ0n) is 32.4. The lowest BCUT2D eigenvalue weighted by molar-refractivity contribution is -0.135. The molecule has 0 radical (unpaired) electrons. The van der Waals surface area contributed by atoms with Gasteiger partial charge in [-0.05, 0) is 55.2 Å². The number of aliphatic hydroxyl groups excluding tert-OH is 1. The van der Waals surface area contributed by atoms with Gasteiger partial charge in [0, 0.05) is 18.8 Å². The van der Waals surface area contributed by atoms with Crippen LogP contribution in [0.15, 0.2) is 42.2 Å². The van der Waals surface area contributed by atoms with Crippen LogP contribution < -0.4 is 16.0 Å². The number of benzene rings is 1. The molecular weight excluding hydrogens is 741 g/mol. The lowest BCUT2D eigenvalue weighted by Crippen LogP contribution is -2.54. The standard InChI is InChI=1S/C38H50N10O7S/c1-20(2)28(45-37(52)54-5)35(50)47-15-7-9-26(47)32-39-17-24(43-32)22-11-13-23(14-12-22)42-34-30(41-19-56-34)31(49)25-18-40-33(44-25)27-10-8-16-48(27)36(51)29(21(3)4)46-38(53)55-6/h11-14,17-21,26-29,35,42,50H,7-10,15-16H2,1-6H3,(H,39,43)(H,40,44)(H,45,52)(H,46,53)/t26-,27-,28-,29-,35?/m0/s1.